The number of rotatable bonds is 4. The third-order valence-electron chi connectivity index (χ3n) is 2.83. The highest BCUT2D eigenvalue weighted by Crippen LogP contribution is 2.31. The van der Waals surface area contributed by atoms with Crippen molar-refractivity contribution in [3.05, 3.63) is 24.1 Å². The highest BCUT2D eigenvalue weighted by Gasteiger charge is 2.37. The van der Waals surface area contributed by atoms with Gasteiger partial charge in [-0.3, -0.25) is 4.79 Å². The zero-order chi connectivity index (χ0) is 15.6. The van der Waals surface area contributed by atoms with E-state index >= 15 is 0 Å². The molecule has 0 bridgehead atoms. The number of nitrogens with two attached hydrogens (primary N) is 1. The first-order valence-electron chi connectivity index (χ1n) is 6.35. The number of aromatic nitrogens is 1. The molecule has 0 saturated carbocycles. The summed E-state index contributed by atoms with van der Waals surface area (Å²) in [6, 6.07) is 3.40. The maximum Gasteiger partial charge on any atom is 0.468 e. The van der Waals surface area contributed by atoms with Crippen LogP contribution >= 0.6 is 12.4 Å². The highest BCUT2D eigenvalue weighted by atomic mass is 35.5. The van der Waals surface area contributed by atoms with E-state index in [1.165, 1.54) is 18.2 Å². The molecule has 0 aliphatic carbocycles. The Labute approximate surface area is 130 Å². The fraction of sp³-hybridized carbons (Fsp3) is 0.385. The van der Waals surface area contributed by atoms with E-state index in [0.29, 0.717) is 12.1 Å². The molecule has 2 rings (SSSR count). The molecule has 3 N–H and O–H groups in total. The highest BCUT2D eigenvalue weighted by molar-refractivity contribution is 5.96. The first-order chi connectivity index (χ1) is 9.81. The number of amides is 1. The SMILES string of the molecule is CCCC(N)C(=O)Nc1ccc2oc(C(F)(F)F)nc2c1.Cl. The number of fused-ring (bicyclic) bond motifs is 1. The molecule has 122 valence electrons. The van der Waals surface area contributed by atoms with Gasteiger partial charge in [-0.25, -0.2) is 4.98 Å². The first-order valence-corrected chi connectivity index (χ1v) is 6.35. The maximum absolute atomic E-state index is 12.5. The molecule has 0 fully saturated rings. The van der Waals surface area contributed by atoms with Crippen molar-refractivity contribution in [2.24, 2.45) is 5.73 Å². The van der Waals surface area contributed by atoms with E-state index in [-0.39, 0.29) is 23.5 Å². The van der Waals surface area contributed by atoms with Gasteiger partial charge in [-0.05, 0) is 24.6 Å². The largest absolute Gasteiger partial charge is 0.468 e. The summed E-state index contributed by atoms with van der Waals surface area (Å²) in [6.45, 7) is 1.90. The number of anilines is 1. The first kappa shape index (κ1) is 18.2. The number of hydrogen-bond donors (Lipinski definition) is 2. The van der Waals surface area contributed by atoms with Crippen LogP contribution in [-0.2, 0) is 11.0 Å². The predicted molar refractivity (Wildman–Crippen MR) is 77.8 cm³/mol. The molecule has 5 nitrogen and oxygen atoms in total. The Hall–Kier alpha value is -1.80. The van der Waals surface area contributed by atoms with Crippen LogP contribution in [0.5, 0.6) is 0 Å². The lowest BCUT2D eigenvalue weighted by atomic mass is 10.1. The standard InChI is InChI=1S/C13H14F3N3O2.ClH/c1-2-3-8(17)11(20)18-7-4-5-10-9(6-7)19-12(21-10)13(14,15)16;/h4-6,8H,2-3,17H2,1H3,(H,18,20);1H. The normalized spacial score (nSPS) is 12.8. The summed E-state index contributed by atoms with van der Waals surface area (Å²) in [5.74, 6) is -1.71. The average Bonchev–Trinajstić information content (AvgIpc) is 2.82. The van der Waals surface area contributed by atoms with Crippen molar-refractivity contribution in [1.82, 2.24) is 4.98 Å². The topological polar surface area (TPSA) is 81.2 Å². The molecule has 9 heteroatoms. The third kappa shape index (κ3) is 4.11. The minimum atomic E-state index is -4.65. The van der Waals surface area contributed by atoms with Crippen molar-refractivity contribution >= 4 is 35.1 Å². The van der Waals surface area contributed by atoms with Gasteiger partial charge < -0.3 is 15.5 Å². The van der Waals surface area contributed by atoms with Crippen molar-refractivity contribution in [3.63, 3.8) is 0 Å². The zero-order valence-corrected chi connectivity index (χ0v) is 12.4. The average molecular weight is 338 g/mol. The molecule has 0 radical (unpaired) electrons. The van der Waals surface area contributed by atoms with E-state index in [9.17, 15) is 18.0 Å². The van der Waals surface area contributed by atoms with Crippen LogP contribution in [0.2, 0.25) is 0 Å². The summed E-state index contributed by atoms with van der Waals surface area (Å²) < 4.78 is 42.1. The number of halogens is 4. The van der Waals surface area contributed by atoms with Crippen molar-refractivity contribution in [3.8, 4) is 0 Å². The minimum Gasteiger partial charge on any atom is -0.433 e. The molecule has 1 aromatic carbocycles. The molecule has 1 atom stereocenters. The molecule has 0 saturated heterocycles. The Balaban J connectivity index is 0.00000242. The van der Waals surface area contributed by atoms with Crippen molar-refractivity contribution in [1.29, 1.82) is 0 Å². The third-order valence-corrected chi connectivity index (χ3v) is 2.83. The van der Waals surface area contributed by atoms with Gasteiger partial charge in [0, 0.05) is 5.69 Å². The molecular weight excluding hydrogens is 323 g/mol. The van der Waals surface area contributed by atoms with E-state index in [1.54, 1.807) is 0 Å². The van der Waals surface area contributed by atoms with E-state index in [1.807, 2.05) is 6.92 Å². The van der Waals surface area contributed by atoms with Crippen LogP contribution in [0.1, 0.15) is 25.7 Å². The minimum absolute atomic E-state index is 0. The van der Waals surface area contributed by atoms with E-state index < -0.39 is 24.0 Å². The summed E-state index contributed by atoms with van der Waals surface area (Å²) in [4.78, 5) is 15.1. The molecule has 0 aliphatic heterocycles. The van der Waals surface area contributed by atoms with Crippen LogP contribution < -0.4 is 11.1 Å². The fourth-order valence-electron chi connectivity index (χ4n) is 1.80. The molecule has 22 heavy (non-hydrogen) atoms. The van der Waals surface area contributed by atoms with Gasteiger partial charge in [-0.1, -0.05) is 13.3 Å². The number of nitrogens with one attached hydrogen (secondary N) is 1. The van der Waals surface area contributed by atoms with Gasteiger partial charge in [0.05, 0.1) is 6.04 Å². The molecule has 1 amide bonds. The quantitative estimate of drug-likeness (QED) is 0.896. The van der Waals surface area contributed by atoms with E-state index in [4.69, 9.17) is 5.73 Å². The van der Waals surface area contributed by atoms with Gasteiger partial charge in [0.15, 0.2) is 5.58 Å². The molecular formula is C13H15ClF3N3O2. The second-order valence-electron chi connectivity index (χ2n) is 4.58. The number of hydrogen-bond acceptors (Lipinski definition) is 4. The van der Waals surface area contributed by atoms with Gasteiger partial charge in [0.25, 0.3) is 0 Å². The smallest absolute Gasteiger partial charge is 0.433 e. The Morgan fingerprint density at radius 1 is 1.45 bits per heavy atom. The Bertz CT molecular complexity index is 658. The monoisotopic (exact) mass is 337 g/mol. The van der Waals surface area contributed by atoms with Crippen LogP contribution in [0, 0.1) is 0 Å². The molecule has 1 heterocycles. The summed E-state index contributed by atoms with van der Waals surface area (Å²) in [7, 11) is 0. The van der Waals surface area contributed by atoms with Crippen LogP contribution in [0.4, 0.5) is 18.9 Å². The lowest BCUT2D eigenvalue weighted by Gasteiger charge is -2.10. The van der Waals surface area contributed by atoms with Gasteiger partial charge in [-0.2, -0.15) is 13.2 Å². The number of benzene rings is 1. The summed E-state index contributed by atoms with van der Waals surface area (Å²) in [5.41, 5.74) is 5.99. The van der Waals surface area contributed by atoms with Crippen LogP contribution in [0.15, 0.2) is 22.6 Å². The van der Waals surface area contributed by atoms with Crippen LogP contribution in [0.3, 0.4) is 0 Å². The van der Waals surface area contributed by atoms with Gasteiger partial charge in [-0.15, -0.1) is 12.4 Å². The summed E-state index contributed by atoms with van der Waals surface area (Å²) in [5, 5.41) is 2.54. The number of carbonyl (C=O) groups excluding carboxylic acids is 1. The summed E-state index contributed by atoms with van der Waals surface area (Å²) in [6.07, 6.45) is -3.37. The van der Waals surface area contributed by atoms with E-state index in [2.05, 4.69) is 14.7 Å². The van der Waals surface area contributed by atoms with E-state index in [0.717, 1.165) is 6.42 Å². The van der Waals surface area contributed by atoms with Crippen molar-refractivity contribution in [2.45, 2.75) is 32.0 Å². The van der Waals surface area contributed by atoms with Gasteiger partial charge in [0.2, 0.25) is 5.91 Å². The molecule has 2 aromatic rings. The molecule has 0 spiro atoms. The lowest BCUT2D eigenvalue weighted by Crippen LogP contribution is -2.35. The Kier molecular flexibility index (Phi) is 5.78. The summed E-state index contributed by atoms with van der Waals surface area (Å²) >= 11 is 0. The molecule has 0 aliphatic rings. The molecule has 1 unspecified atom stereocenters. The van der Waals surface area contributed by atoms with Crippen LogP contribution in [-0.4, -0.2) is 16.9 Å². The van der Waals surface area contributed by atoms with Crippen molar-refractivity contribution in [2.75, 3.05) is 5.32 Å². The number of oxazole rings is 1. The second kappa shape index (κ2) is 6.97. The Morgan fingerprint density at radius 2 is 2.14 bits per heavy atom. The van der Waals surface area contributed by atoms with Crippen molar-refractivity contribution < 1.29 is 22.4 Å². The van der Waals surface area contributed by atoms with Crippen LogP contribution in [0.25, 0.3) is 11.1 Å². The number of alkyl halides is 3. The zero-order valence-electron chi connectivity index (χ0n) is 11.6. The molecule has 1 aromatic heterocycles. The fourth-order valence-corrected chi connectivity index (χ4v) is 1.80. The van der Waals surface area contributed by atoms with Gasteiger partial charge >= 0.3 is 12.1 Å². The number of nitrogens with zero attached hydrogens (tertiary/aromatic N) is 1. The lowest BCUT2D eigenvalue weighted by molar-refractivity contribution is -0.156. The van der Waals surface area contributed by atoms with Gasteiger partial charge in [0.1, 0.15) is 5.52 Å². The maximum atomic E-state index is 12.5. The Morgan fingerprint density at radius 3 is 2.73 bits per heavy atom. The second-order valence-corrected chi connectivity index (χ2v) is 4.58. The number of carbonyl (C=O) groups is 1. The predicted octanol–water partition coefficient (Wildman–Crippen LogP) is 3.33.